The molecule has 1 fully saturated rings. The number of nitrogens with one attached hydrogen (secondary N) is 1. The van der Waals surface area contributed by atoms with Crippen LogP contribution in [0, 0.1) is 0 Å². The van der Waals surface area contributed by atoms with E-state index < -0.39 is 9.84 Å². The highest BCUT2D eigenvalue weighted by molar-refractivity contribution is 7.91. The SMILES string of the molecule is O=S(=O)(C[C@H]1CCCN1)c1cnc2ccccc2n1. The van der Waals surface area contributed by atoms with Gasteiger partial charge < -0.3 is 5.32 Å². The normalized spacial score (nSPS) is 19.9. The van der Waals surface area contributed by atoms with Crippen LogP contribution < -0.4 is 5.32 Å². The number of hydrogen-bond donors (Lipinski definition) is 1. The van der Waals surface area contributed by atoms with Crippen molar-refractivity contribution in [1.29, 1.82) is 0 Å². The summed E-state index contributed by atoms with van der Waals surface area (Å²) in [7, 11) is -3.37. The minimum Gasteiger partial charge on any atom is -0.313 e. The summed E-state index contributed by atoms with van der Waals surface area (Å²) in [6, 6.07) is 7.31. The van der Waals surface area contributed by atoms with Crippen molar-refractivity contribution in [3.63, 3.8) is 0 Å². The van der Waals surface area contributed by atoms with Crippen LogP contribution in [0.15, 0.2) is 35.5 Å². The molecule has 1 atom stereocenters. The molecule has 1 aromatic carbocycles. The molecule has 1 saturated heterocycles. The fourth-order valence-corrected chi connectivity index (χ4v) is 3.78. The zero-order valence-corrected chi connectivity index (χ0v) is 11.2. The van der Waals surface area contributed by atoms with Crippen LogP contribution in [0.2, 0.25) is 0 Å². The first kappa shape index (κ1) is 12.5. The zero-order chi connectivity index (χ0) is 13.3. The average molecular weight is 277 g/mol. The van der Waals surface area contributed by atoms with Crippen molar-refractivity contribution in [2.75, 3.05) is 12.3 Å². The Morgan fingerprint density at radius 3 is 2.79 bits per heavy atom. The van der Waals surface area contributed by atoms with Crippen LogP contribution in [0.5, 0.6) is 0 Å². The molecule has 0 spiro atoms. The smallest absolute Gasteiger partial charge is 0.198 e. The molecule has 1 aromatic heterocycles. The molecule has 0 bridgehead atoms. The molecule has 1 N–H and O–H groups in total. The third-order valence-corrected chi connectivity index (χ3v) is 5.00. The molecule has 0 radical (unpaired) electrons. The van der Waals surface area contributed by atoms with E-state index in [-0.39, 0.29) is 16.8 Å². The molecule has 0 aliphatic carbocycles. The Morgan fingerprint density at radius 2 is 2.05 bits per heavy atom. The lowest BCUT2D eigenvalue weighted by atomic mass is 10.3. The monoisotopic (exact) mass is 277 g/mol. The Bertz CT molecular complexity index is 694. The van der Waals surface area contributed by atoms with Gasteiger partial charge in [-0.1, -0.05) is 12.1 Å². The zero-order valence-electron chi connectivity index (χ0n) is 10.4. The molecular weight excluding hydrogens is 262 g/mol. The highest BCUT2D eigenvalue weighted by atomic mass is 32.2. The van der Waals surface area contributed by atoms with E-state index in [0.717, 1.165) is 19.4 Å². The van der Waals surface area contributed by atoms with Crippen molar-refractivity contribution in [1.82, 2.24) is 15.3 Å². The lowest BCUT2D eigenvalue weighted by molar-refractivity contribution is 0.573. The third kappa shape index (κ3) is 2.59. The van der Waals surface area contributed by atoms with Crippen LogP contribution in [0.4, 0.5) is 0 Å². The maximum atomic E-state index is 12.3. The lowest BCUT2D eigenvalue weighted by Gasteiger charge is -2.10. The summed E-state index contributed by atoms with van der Waals surface area (Å²) < 4.78 is 24.6. The molecule has 6 heteroatoms. The van der Waals surface area contributed by atoms with Crippen molar-refractivity contribution in [2.45, 2.75) is 23.9 Å². The molecule has 2 aromatic rings. The summed E-state index contributed by atoms with van der Waals surface area (Å²) in [6.07, 6.45) is 3.29. The van der Waals surface area contributed by atoms with E-state index in [1.807, 2.05) is 18.2 Å². The van der Waals surface area contributed by atoms with Gasteiger partial charge in [0.25, 0.3) is 0 Å². The summed E-state index contributed by atoms with van der Waals surface area (Å²) in [5.41, 5.74) is 1.32. The van der Waals surface area contributed by atoms with Gasteiger partial charge in [0.15, 0.2) is 14.9 Å². The number of sulfone groups is 1. The van der Waals surface area contributed by atoms with E-state index in [4.69, 9.17) is 0 Å². The molecule has 0 unspecified atom stereocenters. The summed E-state index contributed by atoms with van der Waals surface area (Å²) in [4.78, 5) is 8.37. The van der Waals surface area contributed by atoms with Gasteiger partial charge in [0.2, 0.25) is 0 Å². The summed E-state index contributed by atoms with van der Waals surface area (Å²) in [5.74, 6) is 0.0972. The maximum Gasteiger partial charge on any atom is 0.198 e. The third-order valence-electron chi connectivity index (χ3n) is 3.33. The predicted octanol–water partition coefficient (Wildman–Crippen LogP) is 1.16. The Morgan fingerprint density at radius 1 is 1.26 bits per heavy atom. The first-order valence-corrected chi connectivity index (χ1v) is 7.98. The topological polar surface area (TPSA) is 72.0 Å². The maximum absolute atomic E-state index is 12.3. The molecule has 2 heterocycles. The van der Waals surface area contributed by atoms with E-state index in [9.17, 15) is 8.42 Å². The first-order chi connectivity index (χ1) is 9.15. The number of rotatable bonds is 3. The van der Waals surface area contributed by atoms with Gasteiger partial charge in [0.05, 0.1) is 23.0 Å². The Balaban J connectivity index is 1.93. The van der Waals surface area contributed by atoms with Gasteiger partial charge in [-0.15, -0.1) is 0 Å². The summed E-state index contributed by atoms with van der Waals surface area (Å²) >= 11 is 0. The van der Waals surface area contributed by atoms with Gasteiger partial charge in [0.1, 0.15) is 0 Å². The molecule has 5 nitrogen and oxygen atoms in total. The molecule has 100 valence electrons. The fraction of sp³-hybridized carbons (Fsp3) is 0.385. The predicted molar refractivity (Wildman–Crippen MR) is 72.6 cm³/mol. The first-order valence-electron chi connectivity index (χ1n) is 6.33. The van der Waals surface area contributed by atoms with Gasteiger partial charge in [0, 0.05) is 6.04 Å². The molecule has 19 heavy (non-hydrogen) atoms. The van der Waals surface area contributed by atoms with Crippen molar-refractivity contribution in [2.24, 2.45) is 0 Å². The largest absolute Gasteiger partial charge is 0.313 e. The average Bonchev–Trinajstić information content (AvgIpc) is 2.90. The number of nitrogens with zero attached hydrogens (tertiary/aromatic N) is 2. The van der Waals surface area contributed by atoms with E-state index in [1.165, 1.54) is 6.20 Å². The van der Waals surface area contributed by atoms with Gasteiger partial charge in [-0.05, 0) is 31.5 Å². The van der Waals surface area contributed by atoms with Crippen molar-refractivity contribution >= 4 is 20.9 Å². The van der Waals surface area contributed by atoms with Crippen LogP contribution in [0.1, 0.15) is 12.8 Å². The van der Waals surface area contributed by atoms with Gasteiger partial charge in [-0.25, -0.2) is 13.4 Å². The van der Waals surface area contributed by atoms with E-state index in [2.05, 4.69) is 15.3 Å². The number of aromatic nitrogens is 2. The van der Waals surface area contributed by atoms with Gasteiger partial charge in [-0.2, -0.15) is 0 Å². The standard InChI is InChI=1S/C13H15N3O2S/c17-19(18,9-10-4-3-7-14-10)13-8-15-11-5-1-2-6-12(11)16-13/h1-2,5-6,8,10,14H,3-4,7,9H2/t10-/m1/s1. The van der Waals surface area contributed by atoms with Crippen LogP contribution in [-0.2, 0) is 9.84 Å². The fourth-order valence-electron chi connectivity index (χ4n) is 2.34. The van der Waals surface area contributed by atoms with Crippen LogP contribution in [0.3, 0.4) is 0 Å². The number of fused-ring (bicyclic) bond motifs is 1. The quantitative estimate of drug-likeness (QED) is 0.911. The van der Waals surface area contributed by atoms with Gasteiger partial charge >= 0.3 is 0 Å². The second-order valence-electron chi connectivity index (χ2n) is 4.77. The Kier molecular flexibility index (Phi) is 3.20. The molecule has 0 amide bonds. The molecule has 1 aliphatic heterocycles. The minimum absolute atomic E-state index is 0.0401. The van der Waals surface area contributed by atoms with Crippen molar-refractivity contribution < 1.29 is 8.42 Å². The summed E-state index contributed by atoms with van der Waals surface area (Å²) in [5, 5.41) is 3.26. The van der Waals surface area contributed by atoms with Crippen LogP contribution in [0.25, 0.3) is 11.0 Å². The van der Waals surface area contributed by atoms with Crippen LogP contribution >= 0.6 is 0 Å². The van der Waals surface area contributed by atoms with E-state index in [0.29, 0.717) is 11.0 Å². The summed E-state index contributed by atoms with van der Waals surface area (Å²) in [6.45, 7) is 0.892. The Labute approximate surface area is 112 Å². The molecular formula is C13H15N3O2S. The second-order valence-corrected chi connectivity index (χ2v) is 6.75. The highest BCUT2D eigenvalue weighted by Crippen LogP contribution is 2.16. The second kappa shape index (κ2) is 4.86. The minimum atomic E-state index is -3.37. The molecule has 0 saturated carbocycles. The van der Waals surface area contributed by atoms with Crippen LogP contribution in [-0.4, -0.2) is 36.7 Å². The Hall–Kier alpha value is -1.53. The highest BCUT2D eigenvalue weighted by Gasteiger charge is 2.25. The molecule has 1 aliphatic rings. The molecule has 3 rings (SSSR count). The lowest BCUT2D eigenvalue weighted by Crippen LogP contribution is -2.30. The number of para-hydroxylation sites is 2. The van der Waals surface area contributed by atoms with E-state index in [1.54, 1.807) is 6.07 Å². The van der Waals surface area contributed by atoms with Crippen molar-refractivity contribution in [3.05, 3.63) is 30.5 Å². The number of hydrogen-bond acceptors (Lipinski definition) is 5. The van der Waals surface area contributed by atoms with Gasteiger partial charge in [-0.3, -0.25) is 4.98 Å². The number of benzene rings is 1. The van der Waals surface area contributed by atoms with Crippen molar-refractivity contribution in [3.8, 4) is 0 Å². The van der Waals surface area contributed by atoms with E-state index >= 15 is 0 Å².